The van der Waals surface area contributed by atoms with Gasteiger partial charge in [0.25, 0.3) is 0 Å². The molecule has 24 heavy (non-hydrogen) atoms. The fourth-order valence-corrected chi connectivity index (χ4v) is 2.63. The van der Waals surface area contributed by atoms with E-state index in [0.717, 1.165) is 48.6 Å². The fraction of sp³-hybridized carbons (Fsp3) is 0.350. The molecule has 0 radical (unpaired) electrons. The minimum atomic E-state index is 0.618. The Balaban J connectivity index is 2.19. The van der Waals surface area contributed by atoms with Crippen LogP contribution in [0.3, 0.4) is 0 Å². The van der Waals surface area contributed by atoms with E-state index in [1.54, 1.807) is 14.2 Å². The quantitative estimate of drug-likeness (QED) is 0.704. The van der Waals surface area contributed by atoms with E-state index in [2.05, 4.69) is 23.5 Å². The molecule has 0 saturated heterocycles. The zero-order chi connectivity index (χ0) is 17.2. The van der Waals surface area contributed by atoms with Crippen LogP contribution in [0.5, 0.6) is 11.5 Å². The van der Waals surface area contributed by atoms with Gasteiger partial charge in [-0.3, -0.25) is 0 Å². The minimum absolute atomic E-state index is 0.618. The summed E-state index contributed by atoms with van der Waals surface area (Å²) in [5.74, 6) is 1.47. The van der Waals surface area contributed by atoms with Crippen molar-refractivity contribution in [2.75, 3.05) is 20.8 Å². The van der Waals surface area contributed by atoms with Gasteiger partial charge in [-0.25, -0.2) is 0 Å². The lowest BCUT2D eigenvalue weighted by atomic mass is 9.98. The van der Waals surface area contributed by atoms with Gasteiger partial charge in [-0.05, 0) is 48.2 Å². The van der Waals surface area contributed by atoms with E-state index < -0.39 is 0 Å². The smallest absolute Gasteiger partial charge is 0.161 e. The van der Waals surface area contributed by atoms with Crippen molar-refractivity contribution in [3.8, 4) is 28.7 Å². The third-order valence-corrected chi connectivity index (χ3v) is 3.90. The number of nitrogens with one attached hydrogen (secondary N) is 1. The summed E-state index contributed by atoms with van der Waals surface area (Å²) >= 11 is 0. The monoisotopic (exact) mass is 324 g/mol. The SMILES string of the molecule is COc1cc(CNCCCCC#N)c(-c2ccccc2)cc1OC. The van der Waals surface area contributed by atoms with E-state index in [4.69, 9.17) is 14.7 Å². The Morgan fingerprint density at radius 3 is 2.38 bits per heavy atom. The van der Waals surface area contributed by atoms with E-state index in [1.165, 1.54) is 5.56 Å². The number of benzene rings is 2. The maximum Gasteiger partial charge on any atom is 0.161 e. The van der Waals surface area contributed by atoms with Gasteiger partial charge in [-0.2, -0.15) is 5.26 Å². The molecule has 1 N–H and O–H groups in total. The Bertz CT molecular complexity index is 678. The normalized spacial score (nSPS) is 10.2. The maximum atomic E-state index is 8.57. The summed E-state index contributed by atoms with van der Waals surface area (Å²) < 4.78 is 10.9. The summed E-state index contributed by atoms with van der Waals surface area (Å²) in [7, 11) is 3.30. The second kappa shape index (κ2) is 9.59. The van der Waals surface area contributed by atoms with Crippen LogP contribution in [0.15, 0.2) is 42.5 Å². The molecule has 0 atom stereocenters. The van der Waals surface area contributed by atoms with Gasteiger partial charge >= 0.3 is 0 Å². The van der Waals surface area contributed by atoms with Crippen molar-refractivity contribution in [1.82, 2.24) is 5.32 Å². The van der Waals surface area contributed by atoms with E-state index in [0.29, 0.717) is 6.42 Å². The number of hydrogen-bond donors (Lipinski definition) is 1. The van der Waals surface area contributed by atoms with Crippen LogP contribution in [0.25, 0.3) is 11.1 Å². The highest BCUT2D eigenvalue weighted by Gasteiger charge is 2.12. The molecule has 0 fully saturated rings. The molecule has 0 aliphatic carbocycles. The van der Waals surface area contributed by atoms with E-state index in [9.17, 15) is 0 Å². The molecule has 0 spiro atoms. The van der Waals surface area contributed by atoms with Crippen LogP contribution in [-0.4, -0.2) is 20.8 Å². The topological polar surface area (TPSA) is 54.3 Å². The zero-order valence-corrected chi connectivity index (χ0v) is 14.3. The van der Waals surface area contributed by atoms with Crippen LogP contribution in [0.2, 0.25) is 0 Å². The molecule has 0 aliphatic rings. The van der Waals surface area contributed by atoms with Crippen molar-refractivity contribution < 1.29 is 9.47 Å². The van der Waals surface area contributed by atoms with Gasteiger partial charge in [0.1, 0.15) is 0 Å². The molecule has 0 unspecified atom stereocenters. The summed E-state index contributed by atoms with van der Waals surface area (Å²) in [4.78, 5) is 0. The Morgan fingerprint density at radius 1 is 1.00 bits per heavy atom. The van der Waals surface area contributed by atoms with Crippen LogP contribution in [0.1, 0.15) is 24.8 Å². The number of unbranched alkanes of at least 4 members (excludes halogenated alkanes) is 2. The molecule has 0 bridgehead atoms. The molecule has 0 heterocycles. The molecule has 0 aliphatic heterocycles. The first kappa shape index (κ1) is 17.8. The lowest BCUT2D eigenvalue weighted by Crippen LogP contribution is -2.15. The molecule has 126 valence electrons. The van der Waals surface area contributed by atoms with Crippen LogP contribution in [0.4, 0.5) is 0 Å². The Hall–Kier alpha value is -2.51. The summed E-state index contributed by atoms with van der Waals surface area (Å²) in [6.45, 7) is 1.64. The standard InChI is InChI=1S/C20H24N2O2/c1-23-19-13-17(15-22-12-8-4-7-11-21)18(14-20(19)24-2)16-9-5-3-6-10-16/h3,5-6,9-10,13-14,22H,4,7-8,12,15H2,1-2H3. The summed E-state index contributed by atoms with van der Waals surface area (Å²) in [6, 6.07) is 16.5. The maximum absolute atomic E-state index is 8.57. The first-order valence-corrected chi connectivity index (χ1v) is 8.18. The van der Waals surface area contributed by atoms with Crippen LogP contribution in [0, 0.1) is 11.3 Å². The largest absolute Gasteiger partial charge is 0.493 e. The molecule has 0 saturated carbocycles. The first-order valence-electron chi connectivity index (χ1n) is 8.18. The van der Waals surface area contributed by atoms with Crippen molar-refractivity contribution in [2.45, 2.75) is 25.8 Å². The number of nitrogens with zero attached hydrogens (tertiary/aromatic N) is 1. The van der Waals surface area contributed by atoms with Gasteiger partial charge in [0.2, 0.25) is 0 Å². The first-order chi connectivity index (χ1) is 11.8. The van der Waals surface area contributed by atoms with Gasteiger partial charge in [0.05, 0.1) is 20.3 Å². The lowest BCUT2D eigenvalue weighted by molar-refractivity contribution is 0.354. The summed E-state index contributed by atoms with van der Waals surface area (Å²) in [5, 5.41) is 12.0. The Morgan fingerprint density at radius 2 is 1.71 bits per heavy atom. The van der Waals surface area contributed by atoms with Crippen molar-refractivity contribution in [2.24, 2.45) is 0 Å². The molecule has 4 heteroatoms. The van der Waals surface area contributed by atoms with Gasteiger partial charge in [-0.1, -0.05) is 30.3 Å². The van der Waals surface area contributed by atoms with Crippen molar-refractivity contribution in [3.05, 3.63) is 48.0 Å². The van der Waals surface area contributed by atoms with Gasteiger partial charge in [-0.15, -0.1) is 0 Å². The lowest BCUT2D eigenvalue weighted by Gasteiger charge is -2.16. The second-order valence-corrected chi connectivity index (χ2v) is 5.52. The fourth-order valence-electron chi connectivity index (χ4n) is 2.63. The van der Waals surface area contributed by atoms with Gasteiger partial charge in [0.15, 0.2) is 11.5 Å². The summed E-state index contributed by atoms with van der Waals surface area (Å²) in [5.41, 5.74) is 3.46. The predicted octanol–water partition coefficient (Wildman–Crippen LogP) is 4.15. The van der Waals surface area contributed by atoms with Gasteiger partial charge < -0.3 is 14.8 Å². The average molecular weight is 324 g/mol. The molecule has 0 aromatic heterocycles. The number of ether oxygens (including phenoxy) is 2. The van der Waals surface area contributed by atoms with Crippen molar-refractivity contribution >= 4 is 0 Å². The highest BCUT2D eigenvalue weighted by atomic mass is 16.5. The highest BCUT2D eigenvalue weighted by molar-refractivity contribution is 5.71. The molecule has 0 amide bonds. The number of nitriles is 1. The molecule has 2 aromatic rings. The third-order valence-electron chi connectivity index (χ3n) is 3.90. The molecular formula is C20H24N2O2. The summed E-state index contributed by atoms with van der Waals surface area (Å²) in [6.07, 6.45) is 2.55. The minimum Gasteiger partial charge on any atom is -0.493 e. The highest BCUT2D eigenvalue weighted by Crippen LogP contribution is 2.35. The van der Waals surface area contributed by atoms with E-state index >= 15 is 0 Å². The molecule has 2 rings (SSSR count). The number of methoxy groups -OCH3 is 2. The Labute approximate surface area is 144 Å². The van der Waals surface area contributed by atoms with Gasteiger partial charge in [0, 0.05) is 13.0 Å². The Kier molecular flexibility index (Phi) is 7.13. The second-order valence-electron chi connectivity index (χ2n) is 5.52. The molecular weight excluding hydrogens is 300 g/mol. The number of rotatable bonds is 9. The van der Waals surface area contributed by atoms with E-state index in [-0.39, 0.29) is 0 Å². The zero-order valence-electron chi connectivity index (χ0n) is 14.3. The number of hydrogen-bond acceptors (Lipinski definition) is 4. The molecule has 4 nitrogen and oxygen atoms in total. The van der Waals surface area contributed by atoms with Crippen LogP contribution in [-0.2, 0) is 6.54 Å². The molecule has 2 aromatic carbocycles. The average Bonchev–Trinajstić information content (AvgIpc) is 2.64. The predicted molar refractivity (Wildman–Crippen MR) is 96.2 cm³/mol. The van der Waals surface area contributed by atoms with Crippen LogP contribution >= 0.6 is 0 Å². The van der Waals surface area contributed by atoms with Crippen molar-refractivity contribution in [1.29, 1.82) is 5.26 Å². The third kappa shape index (κ3) is 4.74. The van der Waals surface area contributed by atoms with Crippen LogP contribution < -0.4 is 14.8 Å². The van der Waals surface area contributed by atoms with Crippen molar-refractivity contribution in [3.63, 3.8) is 0 Å². The van der Waals surface area contributed by atoms with E-state index in [1.807, 2.05) is 30.3 Å².